The van der Waals surface area contributed by atoms with E-state index in [0.717, 1.165) is 28.9 Å². The lowest BCUT2D eigenvalue weighted by Gasteiger charge is -2.33. The third-order valence-electron chi connectivity index (χ3n) is 5.03. The molecule has 1 aromatic carbocycles. The lowest BCUT2D eigenvalue weighted by molar-refractivity contribution is 0.0905. The van der Waals surface area contributed by atoms with Gasteiger partial charge in [0.1, 0.15) is 5.76 Å². The van der Waals surface area contributed by atoms with Gasteiger partial charge in [-0.2, -0.15) is 0 Å². The van der Waals surface area contributed by atoms with Crippen LogP contribution in [0.25, 0.3) is 11.3 Å². The number of likely N-dealkylation sites (tertiary alicyclic amines) is 1. The summed E-state index contributed by atoms with van der Waals surface area (Å²) in [5, 5.41) is 6.92. The Morgan fingerprint density at radius 2 is 1.96 bits per heavy atom. The number of hydrogen-bond donors (Lipinski definition) is 1. The number of rotatable bonds is 6. The van der Waals surface area contributed by atoms with Gasteiger partial charge in [0.25, 0.3) is 5.91 Å². The topological polar surface area (TPSA) is 71.5 Å². The molecular formula is C21H22BrN3O3. The van der Waals surface area contributed by atoms with Crippen molar-refractivity contribution in [1.82, 2.24) is 15.4 Å². The van der Waals surface area contributed by atoms with E-state index >= 15 is 0 Å². The van der Waals surface area contributed by atoms with Crippen LogP contribution in [0.4, 0.5) is 0 Å². The van der Waals surface area contributed by atoms with Crippen molar-refractivity contribution in [3.8, 4) is 11.3 Å². The van der Waals surface area contributed by atoms with E-state index in [4.69, 9.17) is 8.94 Å². The maximum atomic E-state index is 12.6. The van der Waals surface area contributed by atoms with E-state index in [9.17, 15) is 4.79 Å². The fourth-order valence-electron chi connectivity index (χ4n) is 3.53. The molecule has 6 nitrogen and oxygen atoms in total. The van der Waals surface area contributed by atoms with Crippen molar-refractivity contribution in [3.05, 3.63) is 64.7 Å². The van der Waals surface area contributed by atoms with Crippen LogP contribution >= 0.6 is 15.9 Å². The molecule has 7 heteroatoms. The van der Waals surface area contributed by atoms with Gasteiger partial charge in [0.15, 0.2) is 11.5 Å². The molecule has 1 fully saturated rings. The monoisotopic (exact) mass is 443 g/mol. The first-order chi connectivity index (χ1) is 13.7. The maximum absolute atomic E-state index is 12.6. The largest absolute Gasteiger partial charge is 0.468 e. The van der Waals surface area contributed by atoms with Crippen molar-refractivity contribution in [3.63, 3.8) is 0 Å². The van der Waals surface area contributed by atoms with Crippen molar-refractivity contribution in [2.45, 2.75) is 25.3 Å². The summed E-state index contributed by atoms with van der Waals surface area (Å²) in [5.41, 5.74) is 1.14. The molecule has 0 bridgehead atoms. The van der Waals surface area contributed by atoms with Gasteiger partial charge in [0.05, 0.1) is 12.3 Å². The van der Waals surface area contributed by atoms with Gasteiger partial charge < -0.3 is 14.3 Å². The fourth-order valence-corrected chi connectivity index (χ4v) is 3.80. The van der Waals surface area contributed by atoms with E-state index in [1.807, 2.05) is 36.4 Å². The summed E-state index contributed by atoms with van der Waals surface area (Å²) in [7, 11) is 0. The Labute approximate surface area is 172 Å². The first-order valence-electron chi connectivity index (χ1n) is 9.49. The van der Waals surface area contributed by atoms with Crippen LogP contribution in [0.1, 0.15) is 41.6 Å². The average Bonchev–Trinajstić information content (AvgIpc) is 3.42. The molecule has 0 unspecified atom stereocenters. The summed E-state index contributed by atoms with van der Waals surface area (Å²) in [6.45, 7) is 2.49. The highest BCUT2D eigenvalue weighted by molar-refractivity contribution is 9.10. The van der Waals surface area contributed by atoms with Crippen LogP contribution < -0.4 is 5.32 Å². The molecule has 1 amide bonds. The second-order valence-corrected chi connectivity index (χ2v) is 7.84. The number of carbonyl (C=O) groups is 1. The molecule has 0 aliphatic carbocycles. The third-order valence-corrected chi connectivity index (χ3v) is 5.56. The maximum Gasteiger partial charge on any atom is 0.273 e. The van der Waals surface area contributed by atoms with Gasteiger partial charge in [-0.05, 0) is 50.2 Å². The quantitative estimate of drug-likeness (QED) is 0.599. The van der Waals surface area contributed by atoms with Crippen LogP contribution in [0.15, 0.2) is 62.1 Å². The number of furan rings is 1. The lowest BCUT2D eigenvalue weighted by Crippen LogP contribution is -2.40. The van der Waals surface area contributed by atoms with Crippen LogP contribution in [0.2, 0.25) is 0 Å². The summed E-state index contributed by atoms with van der Waals surface area (Å²) in [5.74, 6) is 1.19. The zero-order valence-corrected chi connectivity index (χ0v) is 17.0. The number of nitrogens with zero attached hydrogens (tertiary/aromatic N) is 2. The van der Waals surface area contributed by atoms with Crippen LogP contribution in [0, 0.1) is 0 Å². The zero-order chi connectivity index (χ0) is 19.3. The highest BCUT2D eigenvalue weighted by Gasteiger charge is 2.25. The van der Waals surface area contributed by atoms with Crippen molar-refractivity contribution in [1.29, 1.82) is 0 Å². The summed E-state index contributed by atoms with van der Waals surface area (Å²) in [6, 6.07) is 13.2. The van der Waals surface area contributed by atoms with E-state index in [1.54, 1.807) is 12.3 Å². The van der Waals surface area contributed by atoms with Crippen molar-refractivity contribution >= 4 is 21.8 Å². The molecule has 0 radical (unpaired) electrons. The number of hydrogen-bond acceptors (Lipinski definition) is 5. The second kappa shape index (κ2) is 8.75. The van der Waals surface area contributed by atoms with Gasteiger partial charge in [0, 0.05) is 22.6 Å². The average molecular weight is 444 g/mol. The molecule has 146 valence electrons. The van der Waals surface area contributed by atoms with E-state index in [1.165, 1.54) is 19.3 Å². The SMILES string of the molecule is O=C(NC[C@H](c1ccco1)N1CCCCC1)c1cc(-c2ccc(Br)cc2)on1. The van der Waals surface area contributed by atoms with Gasteiger partial charge in [-0.15, -0.1) is 0 Å². The third kappa shape index (κ3) is 4.36. The number of carbonyl (C=O) groups excluding carboxylic acids is 1. The number of aromatic nitrogens is 1. The molecule has 1 atom stereocenters. The standard InChI is InChI=1S/C21H22BrN3O3/c22-16-8-6-15(7-9-16)20-13-17(24-28-20)21(26)23-14-18(19-5-4-12-27-19)25-10-2-1-3-11-25/h4-9,12-13,18H,1-3,10-11,14H2,(H,23,26)/t18-/m1/s1. The molecule has 0 spiro atoms. The lowest BCUT2D eigenvalue weighted by atomic mass is 10.1. The first-order valence-corrected chi connectivity index (χ1v) is 10.3. The Hall–Kier alpha value is -2.38. The minimum Gasteiger partial charge on any atom is -0.468 e. The van der Waals surface area contributed by atoms with Gasteiger partial charge >= 0.3 is 0 Å². The first kappa shape index (κ1) is 19.0. The second-order valence-electron chi connectivity index (χ2n) is 6.92. The molecule has 2 aromatic heterocycles. The molecule has 4 rings (SSSR count). The number of halogens is 1. The minimum absolute atomic E-state index is 0.0251. The van der Waals surface area contributed by atoms with Gasteiger partial charge in [-0.25, -0.2) is 0 Å². The smallest absolute Gasteiger partial charge is 0.273 e. The van der Waals surface area contributed by atoms with Crippen molar-refractivity contribution in [2.24, 2.45) is 0 Å². The van der Waals surface area contributed by atoms with E-state index < -0.39 is 0 Å². The van der Waals surface area contributed by atoms with Crippen molar-refractivity contribution < 1.29 is 13.7 Å². The van der Waals surface area contributed by atoms with Crippen molar-refractivity contribution in [2.75, 3.05) is 19.6 Å². The molecule has 1 saturated heterocycles. The molecule has 3 heterocycles. The fraction of sp³-hybridized carbons (Fsp3) is 0.333. The van der Waals surface area contributed by atoms with Gasteiger partial charge in [-0.1, -0.05) is 39.6 Å². The normalized spacial score (nSPS) is 16.0. The predicted octanol–water partition coefficient (Wildman–Crippen LogP) is 4.65. The molecular weight excluding hydrogens is 422 g/mol. The summed E-state index contributed by atoms with van der Waals surface area (Å²) in [4.78, 5) is 15.0. The summed E-state index contributed by atoms with van der Waals surface area (Å²) in [6.07, 6.45) is 5.28. The molecule has 1 N–H and O–H groups in total. The molecule has 28 heavy (non-hydrogen) atoms. The Balaban J connectivity index is 1.43. The Kier molecular flexibility index (Phi) is 5.92. The van der Waals surface area contributed by atoms with E-state index in [2.05, 4.69) is 31.3 Å². The van der Waals surface area contributed by atoms with E-state index in [-0.39, 0.29) is 17.6 Å². The highest BCUT2D eigenvalue weighted by Crippen LogP contribution is 2.25. The predicted molar refractivity (Wildman–Crippen MR) is 109 cm³/mol. The Morgan fingerprint density at radius 3 is 2.68 bits per heavy atom. The van der Waals surface area contributed by atoms with Crippen LogP contribution in [0.3, 0.4) is 0 Å². The van der Waals surface area contributed by atoms with Crippen LogP contribution in [-0.4, -0.2) is 35.6 Å². The highest BCUT2D eigenvalue weighted by atomic mass is 79.9. The Morgan fingerprint density at radius 1 is 1.18 bits per heavy atom. The number of nitrogens with one attached hydrogen (secondary N) is 1. The number of amides is 1. The Bertz CT molecular complexity index is 899. The van der Waals surface area contributed by atoms with Crippen LogP contribution in [-0.2, 0) is 0 Å². The number of benzene rings is 1. The molecule has 0 saturated carbocycles. The van der Waals surface area contributed by atoms with Crippen LogP contribution in [0.5, 0.6) is 0 Å². The number of piperidine rings is 1. The minimum atomic E-state index is -0.249. The summed E-state index contributed by atoms with van der Waals surface area (Å²) < 4.78 is 12.0. The molecule has 1 aliphatic rings. The van der Waals surface area contributed by atoms with Gasteiger partial charge in [-0.3, -0.25) is 9.69 Å². The van der Waals surface area contributed by atoms with E-state index in [0.29, 0.717) is 12.3 Å². The summed E-state index contributed by atoms with van der Waals surface area (Å²) >= 11 is 3.41. The molecule has 1 aliphatic heterocycles. The molecule has 3 aromatic rings. The van der Waals surface area contributed by atoms with Gasteiger partial charge in [0.2, 0.25) is 0 Å². The zero-order valence-electron chi connectivity index (χ0n) is 15.4.